The Bertz CT molecular complexity index is 515. The van der Waals surface area contributed by atoms with E-state index in [-0.39, 0.29) is 16.0 Å². The van der Waals surface area contributed by atoms with Crippen LogP contribution >= 0.6 is 23.2 Å². The summed E-state index contributed by atoms with van der Waals surface area (Å²) in [7, 11) is 4.16. The van der Waals surface area contributed by atoms with E-state index in [4.69, 9.17) is 28.9 Å². The molecule has 1 fully saturated rings. The molecule has 1 aromatic carbocycles. The van der Waals surface area contributed by atoms with Crippen LogP contribution in [0.2, 0.25) is 10.0 Å². The number of halogens is 2. The lowest BCUT2D eigenvalue weighted by Crippen LogP contribution is -2.54. The minimum Gasteiger partial charge on any atom is -0.397 e. The number of benzene rings is 1. The van der Waals surface area contributed by atoms with Crippen LogP contribution in [0.5, 0.6) is 0 Å². The third-order valence-electron chi connectivity index (χ3n) is 3.80. The summed E-state index contributed by atoms with van der Waals surface area (Å²) in [5.74, 6) is -0.193. The van der Waals surface area contributed by atoms with Gasteiger partial charge in [0.15, 0.2) is 0 Å². The van der Waals surface area contributed by atoms with Crippen molar-refractivity contribution in [1.82, 2.24) is 15.1 Å². The van der Waals surface area contributed by atoms with Gasteiger partial charge < -0.3 is 16.0 Å². The Morgan fingerprint density at radius 3 is 2.76 bits per heavy atom. The molecule has 3 N–H and O–H groups in total. The van der Waals surface area contributed by atoms with Crippen molar-refractivity contribution in [2.45, 2.75) is 6.04 Å². The van der Waals surface area contributed by atoms with Gasteiger partial charge in [0.05, 0.1) is 15.7 Å². The molecule has 1 aromatic rings. The van der Waals surface area contributed by atoms with E-state index in [0.29, 0.717) is 23.8 Å². The van der Waals surface area contributed by atoms with Gasteiger partial charge in [-0.1, -0.05) is 23.2 Å². The van der Waals surface area contributed by atoms with Gasteiger partial charge in [0, 0.05) is 37.8 Å². The highest BCUT2D eigenvalue weighted by atomic mass is 35.5. The van der Waals surface area contributed by atoms with E-state index in [2.05, 4.69) is 29.2 Å². The molecule has 1 heterocycles. The van der Waals surface area contributed by atoms with E-state index < -0.39 is 0 Å². The van der Waals surface area contributed by atoms with Gasteiger partial charge in [0.1, 0.15) is 0 Å². The molecule has 0 radical (unpaired) electrons. The van der Waals surface area contributed by atoms with Crippen LogP contribution in [0.25, 0.3) is 0 Å². The van der Waals surface area contributed by atoms with Crippen LogP contribution in [0.15, 0.2) is 12.1 Å². The number of hydrogen-bond acceptors (Lipinski definition) is 4. The zero-order valence-electron chi connectivity index (χ0n) is 12.2. The van der Waals surface area contributed by atoms with Crippen molar-refractivity contribution in [2.24, 2.45) is 0 Å². The molecule has 0 aliphatic carbocycles. The maximum absolute atomic E-state index is 12.2. The molecule has 0 bridgehead atoms. The third kappa shape index (κ3) is 4.01. The molecule has 1 saturated heterocycles. The minimum atomic E-state index is -0.193. The van der Waals surface area contributed by atoms with E-state index in [1.54, 1.807) is 6.07 Å². The monoisotopic (exact) mass is 330 g/mol. The number of rotatable bonds is 3. The molecular formula is C14H20Cl2N4O. The molecule has 1 atom stereocenters. The molecular weight excluding hydrogens is 311 g/mol. The van der Waals surface area contributed by atoms with Gasteiger partial charge in [-0.3, -0.25) is 9.69 Å². The number of carbonyl (C=O) groups is 1. The van der Waals surface area contributed by atoms with Crippen LogP contribution in [0.1, 0.15) is 10.4 Å². The molecule has 0 aromatic heterocycles. The van der Waals surface area contributed by atoms with Crippen molar-refractivity contribution in [3.8, 4) is 0 Å². The predicted octanol–water partition coefficient (Wildman–Crippen LogP) is 1.55. The maximum Gasteiger partial charge on any atom is 0.251 e. The number of nitrogens with zero attached hydrogens (tertiary/aromatic N) is 2. The summed E-state index contributed by atoms with van der Waals surface area (Å²) < 4.78 is 0. The van der Waals surface area contributed by atoms with Crippen LogP contribution in [0.4, 0.5) is 5.69 Å². The number of nitrogens with one attached hydrogen (secondary N) is 1. The molecule has 0 spiro atoms. The van der Waals surface area contributed by atoms with Crippen molar-refractivity contribution < 1.29 is 4.79 Å². The highest BCUT2D eigenvalue weighted by Gasteiger charge is 2.22. The summed E-state index contributed by atoms with van der Waals surface area (Å²) in [6, 6.07) is 3.37. The maximum atomic E-state index is 12.2. The van der Waals surface area contributed by atoms with Crippen molar-refractivity contribution in [3.05, 3.63) is 27.7 Å². The summed E-state index contributed by atoms with van der Waals surface area (Å²) in [6.45, 7) is 3.56. The Hall–Kier alpha value is -1.01. The Balaban J connectivity index is 1.98. The Morgan fingerprint density at radius 2 is 2.10 bits per heavy atom. The van der Waals surface area contributed by atoms with E-state index in [0.717, 1.165) is 19.6 Å². The molecule has 21 heavy (non-hydrogen) atoms. The quantitative estimate of drug-likeness (QED) is 0.825. The number of nitrogen functional groups attached to an aromatic ring is 1. The van der Waals surface area contributed by atoms with E-state index in [9.17, 15) is 4.79 Å². The second-order valence-corrected chi connectivity index (χ2v) is 6.25. The second kappa shape index (κ2) is 6.83. The van der Waals surface area contributed by atoms with Crippen molar-refractivity contribution >= 4 is 34.8 Å². The first-order chi connectivity index (χ1) is 9.88. The molecule has 1 aliphatic rings. The SMILES string of the molecule is CN1CCN(C)C(CNC(=O)c2cc(N)c(Cl)c(Cl)c2)C1. The van der Waals surface area contributed by atoms with Gasteiger partial charge in [0.2, 0.25) is 0 Å². The first kappa shape index (κ1) is 16.4. The highest BCUT2D eigenvalue weighted by molar-refractivity contribution is 6.43. The summed E-state index contributed by atoms with van der Waals surface area (Å²) in [5, 5.41) is 3.50. The molecule has 116 valence electrons. The Morgan fingerprint density at radius 1 is 1.38 bits per heavy atom. The molecule has 2 rings (SSSR count). The lowest BCUT2D eigenvalue weighted by atomic mass is 10.1. The topological polar surface area (TPSA) is 61.6 Å². The average molecular weight is 331 g/mol. The molecule has 1 unspecified atom stereocenters. The average Bonchev–Trinajstić information content (AvgIpc) is 2.44. The lowest BCUT2D eigenvalue weighted by Gasteiger charge is -2.37. The van der Waals surface area contributed by atoms with Gasteiger partial charge in [-0.15, -0.1) is 0 Å². The predicted molar refractivity (Wildman–Crippen MR) is 87.1 cm³/mol. The molecule has 0 saturated carbocycles. The normalized spacial score (nSPS) is 20.5. The first-order valence-corrected chi connectivity index (χ1v) is 7.55. The van der Waals surface area contributed by atoms with Crippen LogP contribution in [0, 0.1) is 0 Å². The number of amides is 1. The number of likely N-dealkylation sites (N-methyl/N-ethyl adjacent to an activating group) is 2. The van der Waals surface area contributed by atoms with E-state index >= 15 is 0 Å². The molecule has 5 nitrogen and oxygen atoms in total. The number of carbonyl (C=O) groups excluding carboxylic acids is 1. The summed E-state index contributed by atoms with van der Waals surface area (Å²) in [4.78, 5) is 16.7. The third-order valence-corrected chi connectivity index (χ3v) is 4.61. The van der Waals surface area contributed by atoms with Crippen LogP contribution in [-0.4, -0.2) is 62.0 Å². The number of anilines is 1. The van der Waals surface area contributed by atoms with Crippen LogP contribution in [-0.2, 0) is 0 Å². The molecule has 1 aliphatic heterocycles. The minimum absolute atomic E-state index is 0.193. The van der Waals surface area contributed by atoms with Gasteiger partial charge in [-0.25, -0.2) is 0 Å². The second-order valence-electron chi connectivity index (χ2n) is 5.47. The van der Waals surface area contributed by atoms with Gasteiger partial charge in [-0.05, 0) is 26.2 Å². The van der Waals surface area contributed by atoms with Crippen molar-refractivity contribution in [1.29, 1.82) is 0 Å². The molecule has 7 heteroatoms. The summed E-state index contributed by atoms with van der Waals surface area (Å²) in [6.07, 6.45) is 0. The molecule has 1 amide bonds. The Kier molecular flexibility index (Phi) is 5.32. The summed E-state index contributed by atoms with van der Waals surface area (Å²) >= 11 is 11.8. The fraction of sp³-hybridized carbons (Fsp3) is 0.500. The van der Waals surface area contributed by atoms with E-state index in [1.807, 2.05) is 0 Å². The van der Waals surface area contributed by atoms with E-state index in [1.165, 1.54) is 6.07 Å². The van der Waals surface area contributed by atoms with Gasteiger partial charge >= 0.3 is 0 Å². The van der Waals surface area contributed by atoms with Crippen LogP contribution < -0.4 is 11.1 Å². The fourth-order valence-corrected chi connectivity index (χ4v) is 2.71. The summed E-state index contributed by atoms with van der Waals surface area (Å²) in [5.41, 5.74) is 6.46. The van der Waals surface area contributed by atoms with Gasteiger partial charge in [-0.2, -0.15) is 0 Å². The largest absolute Gasteiger partial charge is 0.397 e. The highest BCUT2D eigenvalue weighted by Crippen LogP contribution is 2.29. The fourth-order valence-electron chi connectivity index (χ4n) is 2.38. The smallest absolute Gasteiger partial charge is 0.251 e. The zero-order valence-corrected chi connectivity index (χ0v) is 13.7. The lowest BCUT2D eigenvalue weighted by molar-refractivity contribution is 0.0881. The van der Waals surface area contributed by atoms with Gasteiger partial charge in [0.25, 0.3) is 5.91 Å². The zero-order chi connectivity index (χ0) is 15.6. The van der Waals surface area contributed by atoms with Crippen molar-refractivity contribution in [3.63, 3.8) is 0 Å². The van der Waals surface area contributed by atoms with Crippen LogP contribution in [0.3, 0.4) is 0 Å². The number of piperazine rings is 1. The van der Waals surface area contributed by atoms with Crippen molar-refractivity contribution in [2.75, 3.05) is 46.0 Å². The first-order valence-electron chi connectivity index (χ1n) is 6.80. The Labute approximate surface area is 135 Å². The number of hydrogen-bond donors (Lipinski definition) is 2. The number of nitrogens with two attached hydrogens (primary N) is 1. The standard InChI is InChI=1S/C14H20Cl2N4O/c1-19-3-4-20(2)10(8-19)7-18-14(21)9-5-11(15)13(16)12(17)6-9/h5-6,10H,3-4,7-8,17H2,1-2H3,(H,18,21).